The Morgan fingerprint density at radius 2 is 2.23 bits per heavy atom. The Bertz CT molecular complexity index is 137. The monoisotopic (exact) mass is 186 g/mol. The summed E-state index contributed by atoms with van der Waals surface area (Å²) >= 11 is 0. The molecule has 1 aliphatic rings. The summed E-state index contributed by atoms with van der Waals surface area (Å²) in [6, 6.07) is 0.823. The molecule has 2 N–H and O–H groups in total. The van der Waals surface area contributed by atoms with Crippen molar-refractivity contribution in [3.63, 3.8) is 0 Å². The van der Waals surface area contributed by atoms with Crippen molar-refractivity contribution in [1.29, 1.82) is 0 Å². The molecule has 1 atom stereocenters. The molecule has 0 aromatic heterocycles. The number of rotatable bonds is 7. The fourth-order valence-electron chi connectivity index (χ4n) is 1.56. The molecule has 0 amide bonds. The van der Waals surface area contributed by atoms with Crippen molar-refractivity contribution in [2.75, 3.05) is 26.7 Å². The highest BCUT2D eigenvalue weighted by molar-refractivity contribution is 4.85. The summed E-state index contributed by atoms with van der Waals surface area (Å²) < 4.78 is 5.27. The van der Waals surface area contributed by atoms with Crippen molar-refractivity contribution in [2.45, 2.75) is 38.3 Å². The molecular weight excluding hydrogens is 164 g/mol. The summed E-state index contributed by atoms with van der Waals surface area (Å²) in [4.78, 5) is 2.51. The summed E-state index contributed by atoms with van der Waals surface area (Å²) in [7, 11) is 1.78. The van der Waals surface area contributed by atoms with Gasteiger partial charge in [0.25, 0.3) is 0 Å². The molecule has 0 aliphatic heterocycles. The lowest BCUT2D eigenvalue weighted by atomic mass is 10.3. The van der Waals surface area contributed by atoms with Gasteiger partial charge in [-0.2, -0.15) is 0 Å². The van der Waals surface area contributed by atoms with Crippen LogP contribution in [-0.2, 0) is 4.74 Å². The average Bonchev–Trinajstić information content (AvgIpc) is 2.94. The molecular formula is C10H22N2O. The summed E-state index contributed by atoms with van der Waals surface area (Å²) in [5, 5.41) is 0. The molecule has 1 rings (SSSR count). The van der Waals surface area contributed by atoms with Crippen LogP contribution in [-0.4, -0.2) is 43.8 Å². The van der Waals surface area contributed by atoms with E-state index in [1.165, 1.54) is 12.8 Å². The van der Waals surface area contributed by atoms with Gasteiger partial charge in [-0.3, -0.25) is 4.90 Å². The van der Waals surface area contributed by atoms with Crippen molar-refractivity contribution in [3.8, 4) is 0 Å². The lowest BCUT2D eigenvalue weighted by Crippen LogP contribution is -2.35. The molecule has 1 aliphatic carbocycles. The highest BCUT2D eigenvalue weighted by Crippen LogP contribution is 2.27. The second kappa shape index (κ2) is 5.58. The highest BCUT2D eigenvalue weighted by atomic mass is 16.5. The number of nitrogens with two attached hydrogens (primary N) is 1. The predicted octanol–water partition coefficient (Wildman–Crippen LogP) is 0.835. The van der Waals surface area contributed by atoms with Crippen molar-refractivity contribution in [1.82, 2.24) is 4.90 Å². The van der Waals surface area contributed by atoms with Crippen molar-refractivity contribution in [2.24, 2.45) is 5.73 Å². The van der Waals surface area contributed by atoms with E-state index in [0.29, 0.717) is 6.10 Å². The molecule has 0 heterocycles. The van der Waals surface area contributed by atoms with E-state index in [9.17, 15) is 0 Å². The predicted molar refractivity (Wildman–Crippen MR) is 54.7 cm³/mol. The molecule has 1 unspecified atom stereocenters. The number of methoxy groups -OCH3 is 1. The van der Waals surface area contributed by atoms with Crippen molar-refractivity contribution < 1.29 is 4.74 Å². The van der Waals surface area contributed by atoms with Gasteiger partial charge in [0.05, 0.1) is 6.10 Å². The zero-order chi connectivity index (χ0) is 9.68. The second-order valence-corrected chi connectivity index (χ2v) is 3.91. The van der Waals surface area contributed by atoms with Crippen LogP contribution >= 0.6 is 0 Å². The maximum absolute atomic E-state index is 5.50. The highest BCUT2D eigenvalue weighted by Gasteiger charge is 2.29. The lowest BCUT2D eigenvalue weighted by molar-refractivity contribution is 0.0738. The third-order valence-corrected chi connectivity index (χ3v) is 2.61. The Morgan fingerprint density at radius 1 is 1.54 bits per heavy atom. The van der Waals surface area contributed by atoms with Crippen LogP contribution in [0.2, 0.25) is 0 Å². The van der Waals surface area contributed by atoms with Gasteiger partial charge in [0.2, 0.25) is 0 Å². The molecule has 0 radical (unpaired) electrons. The van der Waals surface area contributed by atoms with E-state index in [1.807, 2.05) is 0 Å². The van der Waals surface area contributed by atoms with Gasteiger partial charge < -0.3 is 10.5 Å². The van der Waals surface area contributed by atoms with E-state index in [-0.39, 0.29) is 0 Å². The van der Waals surface area contributed by atoms with Crippen molar-refractivity contribution in [3.05, 3.63) is 0 Å². The Balaban J connectivity index is 2.20. The van der Waals surface area contributed by atoms with E-state index in [1.54, 1.807) is 7.11 Å². The average molecular weight is 186 g/mol. The SMILES string of the molecule is COC(C)CN(CCCN)C1CC1. The molecule has 0 aromatic carbocycles. The summed E-state index contributed by atoms with van der Waals surface area (Å²) in [6.07, 6.45) is 4.17. The molecule has 1 saturated carbocycles. The van der Waals surface area contributed by atoms with Gasteiger partial charge in [-0.25, -0.2) is 0 Å². The first-order chi connectivity index (χ1) is 6.27. The van der Waals surface area contributed by atoms with Crippen LogP contribution in [0.4, 0.5) is 0 Å². The van der Waals surface area contributed by atoms with E-state index in [4.69, 9.17) is 10.5 Å². The molecule has 3 heteroatoms. The van der Waals surface area contributed by atoms with Gasteiger partial charge in [-0.05, 0) is 39.3 Å². The van der Waals surface area contributed by atoms with Gasteiger partial charge in [0, 0.05) is 19.7 Å². The standard InChI is InChI=1S/C10H22N2O/c1-9(13-2)8-12(7-3-6-11)10-4-5-10/h9-10H,3-8,11H2,1-2H3. The minimum absolute atomic E-state index is 0.346. The number of hydrogen-bond acceptors (Lipinski definition) is 3. The largest absolute Gasteiger partial charge is 0.380 e. The minimum Gasteiger partial charge on any atom is -0.380 e. The van der Waals surface area contributed by atoms with Crippen LogP contribution in [0.25, 0.3) is 0 Å². The second-order valence-electron chi connectivity index (χ2n) is 3.91. The molecule has 0 saturated heterocycles. The molecule has 1 fully saturated rings. The van der Waals surface area contributed by atoms with Gasteiger partial charge in [-0.1, -0.05) is 0 Å². The Labute approximate surface area is 81.2 Å². The summed E-state index contributed by atoms with van der Waals surface area (Å²) in [5.41, 5.74) is 5.50. The first kappa shape index (κ1) is 11.0. The smallest absolute Gasteiger partial charge is 0.0670 e. The zero-order valence-corrected chi connectivity index (χ0v) is 8.83. The fourth-order valence-corrected chi connectivity index (χ4v) is 1.56. The topological polar surface area (TPSA) is 38.5 Å². The quantitative estimate of drug-likeness (QED) is 0.640. The molecule has 3 nitrogen and oxygen atoms in total. The van der Waals surface area contributed by atoms with Gasteiger partial charge in [0.1, 0.15) is 0 Å². The molecule has 0 spiro atoms. The molecule has 0 bridgehead atoms. The van der Waals surface area contributed by atoms with Gasteiger partial charge in [-0.15, -0.1) is 0 Å². The van der Waals surface area contributed by atoms with Crippen LogP contribution in [0.1, 0.15) is 26.2 Å². The van der Waals surface area contributed by atoms with Crippen LogP contribution in [0.3, 0.4) is 0 Å². The minimum atomic E-state index is 0.346. The molecule has 0 aromatic rings. The first-order valence-electron chi connectivity index (χ1n) is 5.24. The van der Waals surface area contributed by atoms with Crippen molar-refractivity contribution >= 4 is 0 Å². The Kier molecular flexibility index (Phi) is 4.70. The van der Waals surface area contributed by atoms with Crippen LogP contribution in [0.5, 0.6) is 0 Å². The first-order valence-corrected chi connectivity index (χ1v) is 5.24. The van der Waals surface area contributed by atoms with Crippen LogP contribution < -0.4 is 5.73 Å². The van der Waals surface area contributed by atoms with Crippen LogP contribution in [0, 0.1) is 0 Å². The number of hydrogen-bond donors (Lipinski definition) is 1. The fraction of sp³-hybridized carbons (Fsp3) is 1.00. The Hall–Kier alpha value is -0.120. The maximum Gasteiger partial charge on any atom is 0.0670 e. The molecule has 78 valence electrons. The van der Waals surface area contributed by atoms with Crippen LogP contribution in [0.15, 0.2) is 0 Å². The zero-order valence-electron chi connectivity index (χ0n) is 8.83. The third-order valence-electron chi connectivity index (χ3n) is 2.61. The van der Waals surface area contributed by atoms with E-state index in [0.717, 1.165) is 32.1 Å². The maximum atomic E-state index is 5.50. The van der Waals surface area contributed by atoms with E-state index < -0.39 is 0 Å². The van der Waals surface area contributed by atoms with Gasteiger partial charge in [0.15, 0.2) is 0 Å². The normalized spacial score (nSPS) is 19.4. The third kappa shape index (κ3) is 4.07. The molecule has 13 heavy (non-hydrogen) atoms. The number of nitrogens with zero attached hydrogens (tertiary/aromatic N) is 1. The summed E-state index contributed by atoms with van der Waals surface area (Å²) in [6.45, 7) is 5.11. The number of ether oxygens (including phenoxy) is 1. The summed E-state index contributed by atoms with van der Waals surface area (Å²) in [5.74, 6) is 0. The lowest BCUT2D eigenvalue weighted by Gasteiger charge is -2.24. The van der Waals surface area contributed by atoms with Gasteiger partial charge >= 0.3 is 0 Å². The van der Waals surface area contributed by atoms with E-state index >= 15 is 0 Å². The Morgan fingerprint density at radius 3 is 2.69 bits per heavy atom. The van der Waals surface area contributed by atoms with E-state index in [2.05, 4.69) is 11.8 Å².